The van der Waals surface area contributed by atoms with Gasteiger partial charge < -0.3 is 14.5 Å². The van der Waals surface area contributed by atoms with Gasteiger partial charge in [-0.3, -0.25) is 4.99 Å². The Morgan fingerprint density at radius 2 is 1.60 bits per heavy atom. The van der Waals surface area contributed by atoms with Crippen molar-refractivity contribution in [2.75, 3.05) is 49.2 Å². The van der Waals surface area contributed by atoms with E-state index in [1.165, 1.54) is 11.4 Å². The summed E-state index contributed by atoms with van der Waals surface area (Å²) >= 11 is 0. The lowest BCUT2D eigenvalue weighted by Gasteiger charge is -2.28. The molecule has 0 saturated carbocycles. The highest BCUT2D eigenvalue weighted by Gasteiger charge is 2.10. The molecule has 4 nitrogen and oxygen atoms in total. The minimum atomic E-state index is 0.809. The van der Waals surface area contributed by atoms with Crippen LogP contribution in [0.5, 0.6) is 0 Å². The average Bonchev–Trinajstić information content (AvgIpc) is 2.69. The normalized spacial score (nSPS) is 14.9. The molecule has 0 bridgehead atoms. The fourth-order valence-corrected chi connectivity index (χ4v) is 3.08. The van der Waals surface area contributed by atoms with E-state index < -0.39 is 0 Å². The topological polar surface area (TPSA) is 28.1 Å². The molecule has 0 aromatic heterocycles. The molecule has 0 unspecified atom stereocenters. The van der Waals surface area contributed by atoms with Crippen LogP contribution in [0.2, 0.25) is 0 Å². The Hall–Kier alpha value is -2.33. The number of benzene rings is 2. The quantitative estimate of drug-likeness (QED) is 0.742. The summed E-state index contributed by atoms with van der Waals surface area (Å²) in [5, 5.41) is 0. The van der Waals surface area contributed by atoms with E-state index >= 15 is 0 Å². The van der Waals surface area contributed by atoms with Crippen LogP contribution < -0.4 is 9.80 Å². The number of hydrogen-bond donors (Lipinski definition) is 0. The van der Waals surface area contributed by atoms with Gasteiger partial charge in [0.1, 0.15) is 0 Å². The maximum absolute atomic E-state index is 5.40. The van der Waals surface area contributed by atoms with Gasteiger partial charge in [-0.25, -0.2) is 0 Å². The van der Waals surface area contributed by atoms with Gasteiger partial charge in [0.2, 0.25) is 0 Å². The molecule has 132 valence electrons. The first-order valence-corrected chi connectivity index (χ1v) is 9.12. The van der Waals surface area contributed by atoms with Gasteiger partial charge >= 0.3 is 0 Å². The first kappa shape index (κ1) is 17.5. The third-order valence-corrected chi connectivity index (χ3v) is 4.61. The number of nitrogens with zero attached hydrogens (tertiary/aromatic N) is 3. The van der Waals surface area contributed by atoms with Crippen molar-refractivity contribution in [3.8, 4) is 0 Å². The second kappa shape index (κ2) is 8.67. The fourth-order valence-electron chi connectivity index (χ4n) is 3.08. The Kier molecular flexibility index (Phi) is 6.07. The molecule has 1 aliphatic rings. The Morgan fingerprint density at radius 3 is 2.20 bits per heavy atom. The summed E-state index contributed by atoms with van der Waals surface area (Å²) in [7, 11) is 0. The van der Waals surface area contributed by atoms with Gasteiger partial charge in [0.15, 0.2) is 0 Å². The van der Waals surface area contributed by atoms with Crippen molar-refractivity contribution in [2.45, 2.75) is 13.8 Å². The molecule has 4 heteroatoms. The predicted molar refractivity (Wildman–Crippen MR) is 107 cm³/mol. The highest BCUT2D eigenvalue weighted by Crippen LogP contribution is 2.21. The van der Waals surface area contributed by atoms with E-state index in [1.54, 1.807) is 0 Å². The molecule has 2 aromatic rings. The van der Waals surface area contributed by atoms with Crippen molar-refractivity contribution in [1.29, 1.82) is 0 Å². The van der Waals surface area contributed by atoms with E-state index in [9.17, 15) is 0 Å². The average molecular weight is 337 g/mol. The molecule has 25 heavy (non-hydrogen) atoms. The van der Waals surface area contributed by atoms with Crippen LogP contribution in [0.4, 0.5) is 17.1 Å². The second-order valence-electron chi connectivity index (χ2n) is 6.14. The van der Waals surface area contributed by atoms with E-state index in [0.717, 1.165) is 50.6 Å². The van der Waals surface area contributed by atoms with Gasteiger partial charge in [0.05, 0.1) is 18.9 Å². The summed E-state index contributed by atoms with van der Waals surface area (Å²) in [6.07, 6.45) is 1.93. The minimum Gasteiger partial charge on any atom is -0.378 e. The van der Waals surface area contributed by atoms with E-state index in [0.29, 0.717) is 0 Å². The van der Waals surface area contributed by atoms with Gasteiger partial charge in [-0.15, -0.1) is 0 Å². The van der Waals surface area contributed by atoms with Gasteiger partial charge in [-0.05, 0) is 55.8 Å². The van der Waals surface area contributed by atoms with Crippen molar-refractivity contribution in [3.05, 3.63) is 54.1 Å². The molecule has 2 aromatic carbocycles. The molecule has 1 heterocycles. The molecule has 0 N–H and O–H groups in total. The van der Waals surface area contributed by atoms with Crippen molar-refractivity contribution in [1.82, 2.24) is 0 Å². The summed E-state index contributed by atoms with van der Waals surface area (Å²) in [6.45, 7) is 9.95. The molecule has 0 spiro atoms. The van der Waals surface area contributed by atoms with Crippen molar-refractivity contribution < 1.29 is 4.74 Å². The Bertz CT molecular complexity index is 669. The zero-order chi connectivity index (χ0) is 17.5. The minimum absolute atomic E-state index is 0.809. The van der Waals surface area contributed by atoms with Crippen molar-refractivity contribution in [3.63, 3.8) is 0 Å². The first-order chi connectivity index (χ1) is 12.3. The number of aliphatic imine (C=N–C) groups is 1. The van der Waals surface area contributed by atoms with Gasteiger partial charge in [0.25, 0.3) is 0 Å². The summed E-state index contributed by atoms with van der Waals surface area (Å²) in [5.74, 6) is 0. The predicted octanol–water partition coefficient (Wildman–Crippen LogP) is 4.12. The van der Waals surface area contributed by atoms with Crippen LogP contribution in [0, 0.1) is 0 Å². The lowest BCUT2D eigenvalue weighted by atomic mass is 10.2. The van der Waals surface area contributed by atoms with Crippen LogP contribution in [0.15, 0.2) is 53.5 Å². The highest BCUT2D eigenvalue weighted by molar-refractivity contribution is 5.82. The van der Waals surface area contributed by atoms with Crippen LogP contribution in [0.25, 0.3) is 0 Å². The number of ether oxygens (including phenoxy) is 1. The molecule has 0 aliphatic carbocycles. The number of rotatable bonds is 6. The third-order valence-electron chi connectivity index (χ3n) is 4.61. The van der Waals surface area contributed by atoms with Crippen LogP contribution in [0.1, 0.15) is 19.4 Å². The third kappa shape index (κ3) is 4.60. The summed E-state index contributed by atoms with van der Waals surface area (Å²) in [4.78, 5) is 9.28. The fraction of sp³-hybridized carbons (Fsp3) is 0.381. The molecule has 0 amide bonds. The van der Waals surface area contributed by atoms with E-state index in [1.807, 2.05) is 6.21 Å². The summed E-state index contributed by atoms with van der Waals surface area (Å²) in [6, 6.07) is 17.0. The molecular formula is C21H27N3O. The van der Waals surface area contributed by atoms with E-state index in [4.69, 9.17) is 4.74 Å². The SMILES string of the molecule is CCN(CC)c1ccc(C=Nc2ccc(N3CCOCC3)cc2)cc1. The molecular weight excluding hydrogens is 310 g/mol. The van der Waals surface area contributed by atoms with Gasteiger partial charge in [0, 0.05) is 43.8 Å². The van der Waals surface area contributed by atoms with Crippen LogP contribution in [-0.4, -0.2) is 45.6 Å². The maximum Gasteiger partial charge on any atom is 0.0642 e. The summed E-state index contributed by atoms with van der Waals surface area (Å²) < 4.78 is 5.40. The molecule has 3 rings (SSSR count). The Morgan fingerprint density at radius 1 is 0.960 bits per heavy atom. The van der Waals surface area contributed by atoms with Gasteiger partial charge in [-0.2, -0.15) is 0 Å². The first-order valence-electron chi connectivity index (χ1n) is 9.12. The Labute approximate surface area is 150 Å². The Balaban J connectivity index is 1.63. The zero-order valence-electron chi connectivity index (χ0n) is 15.2. The standard InChI is InChI=1S/C21H27N3O/c1-3-23(4-2)20-9-5-18(6-10-20)17-22-19-7-11-21(12-8-19)24-13-15-25-16-14-24/h5-12,17H,3-4,13-16H2,1-2H3. The molecule has 1 fully saturated rings. The monoisotopic (exact) mass is 337 g/mol. The molecule has 0 atom stereocenters. The maximum atomic E-state index is 5.40. The molecule has 1 aliphatic heterocycles. The lowest BCUT2D eigenvalue weighted by molar-refractivity contribution is 0.122. The largest absolute Gasteiger partial charge is 0.378 e. The molecule has 0 radical (unpaired) electrons. The number of anilines is 2. The summed E-state index contributed by atoms with van der Waals surface area (Å²) in [5.41, 5.74) is 4.60. The van der Waals surface area contributed by atoms with Gasteiger partial charge in [-0.1, -0.05) is 12.1 Å². The lowest BCUT2D eigenvalue weighted by Crippen LogP contribution is -2.36. The van der Waals surface area contributed by atoms with E-state index in [-0.39, 0.29) is 0 Å². The van der Waals surface area contributed by atoms with Crippen LogP contribution in [-0.2, 0) is 4.74 Å². The highest BCUT2D eigenvalue weighted by atomic mass is 16.5. The van der Waals surface area contributed by atoms with Crippen LogP contribution >= 0.6 is 0 Å². The second-order valence-corrected chi connectivity index (χ2v) is 6.14. The van der Waals surface area contributed by atoms with E-state index in [2.05, 4.69) is 77.2 Å². The number of hydrogen-bond acceptors (Lipinski definition) is 4. The molecule has 1 saturated heterocycles. The van der Waals surface area contributed by atoms with Crippen LogP contribution in [0.3, 0.4) is 0 Å². The number of morpholine rings is 1. The smallest absolute Gasteiger partial charge is 0.0642 e. The van der Waals surface area contributed by atoms with Crippen molar-refractivity contribution >= 4 is 23.3 Å². The van der Waals surface area contributed by atoms with Crippen molar-refractivity contribution in [2.24, 2.45) is 4.99 Å². The zero-order valence-corrected chi connectivity index (χ0v) is 15.2.